The van der Waals surface area contributed by atoms with Crippen molar-refractivity contribution in [1.82, 2.24) is 14.9 Å². The monoisotopic (exact) mass is 354 g/mol. The van der Waals surface area contributed by atoms with Crippen LogP contribution >= 0.6 is 0 Å². The summed E-state index contributed by atoms with van der Waals surface area (Å²) in [6.45, 7) is 5.26. The van der Waals surface area contributed by atoms with Gasteiger partial charge in [0.05, 0.1) is 11.5 Å². The maximum atomic E-state index is 12.8. The van der Waals surface area contributed by atoms with Gasteiger partial charge < -0.3 is 9.80 Å². The van der Waals surface area contributed by atoms with Crippen molar-refractivity contribution in [2.75, 3.05) is 36.5 Å². The highest BCUT2D eigenvalue weighted by atomic mass is 32.2. The Balaban J connectivity index is 2.16. The minimum absolute atomic E-state index is 0.0426. The largest absolute Gasteiger partial charge is 0.344 e. The van der Waals surface area contributed by atoms with E-state index < -0.39 is 9.84 Å². The lowest BCUT2D eigenvalue weighted by Crippen LogP contribution is -2.41. The number of nitrogens with zero attached hydrogens (tertiary/aromatic N) is 4. The molecule has 1 aromatic rings. The van der Waals surface area contributed by atoms with Crippen molar-refractivity contribution in [3.05, 3.63) is 18.0 Å². The Morgan fingerprint density at radius 2 is 2.12 bits per heavy atom. The van der Waals surface area contributed by atoms with Gasteiger partial charge in [0.2, 0.25) is 5.95 Å². The second-order valence-corrected chi connectivity index (χ2v) is 8.39. The Bertz CT molecular complexity index is 678. The second kappa shape index (κ2) is 7.92. The summed E-state index contributed by atoms with van der Waals surface area (Å²) >= 11 is 0. The van der Waals surface area contributed by atoms with Crippen molar-refractivity contribution in [2.45, 2.75) is 39.2 Å². The van der Waals surface area contributed by atoms with Gasteiger partial charge in [-0.1, -0.05) is 13.3 Å². The van der Waals surface area contributed by atoms with Crippen LogP contribution in [0, 0.1) is 0 Å². The molecule has 1 aliphatic heterocycles. The predicted octanol–water partition coefficient (Wildman–Crippen LogP) is 1.36. The van der Waals surface area contributed by atoms with Crippen molar-refractivity contribution >= 4 is 21.7 Å². The summed E-state index contributed by atoms with van der Waals surface area (Å²) in [6.07, 6.45) is 4.18. The maximum absolute atomic E-state index is 12.8. The van der Waals surface area contributed by atoms with Gasteiger partial charge in [-0.3, -0.25) is 4.79 Å². The first kappa shape index (κ1) is 18.6. The van der Waals surface area contributed by atoms with Crippen molar-refractivity contribution in [1.29, 1.82) is 0 Å². The summed E-state index contributed by atoms with van der Waals surface area (Å²) in [7, 11) is -1.13. The number of carbonyl (C=O) groups is 1. The van der Waals surface area contributed by atoms with Crippen molar-refractivity contribution in [3.8, 4) is 0 Å². The van der Waals surface area contributed by atoms with Crippen LogP contribution in [-0.2, 0) is 9.84 Å². The lowest BCUT2D eigenvalue weighted by molar-refractivity contribution is 0.0702. The van der Waals surface area contributed by atoms with E-state index in [4.69, 9.17) is 0 Å². The van der Waals surface area contributed by atoms with Crippen molar-refractivity contribution in [3.63, 3.8) is 0 Å². The van der Waals surface area contributed by atoms with Gasteiger partial charge in [-0.2, -0.15) is 0 Å². The summed E-state index contributed by atoms with van der Waals surface area (Å²) in [5.74, 6) is 0.480. The Hall–Kier alpha value is -1.70. The van der Waals surface area contributed by atoms with E-state index in [1.54, 1.807) is 17.2 Å². The van der Waals surface area contributed by atoms with Gasteiger partial charge in [0.15, 0.2) is 9.84 Å². The molecule has 0 aromatic carbocycles. The van der Waals surface area contributed by atoms with Crippen LogP contribution in [0.1, 0.15) is 43.6 Å². The van der Waals surface area contributed by atoms with E-state index in [2.05, 4.69) is 16.9 Å². The van der Waals surface area contributed by atoms with Crippen molar-refractivity contribution < 1.29 is 13.2 Å². The fourth-order valence-electron chi connectivity index (χ4n) is 2.88. The molecule has 134 valence electrons. The SMILES string of the molecule is CCCCN(C)c1nccc(C(=O)N(CC)C2CCS(=O)(=O)C2)n1. The highest BCUT2D eigenvalue weighted by Gasteiger charge is 2.34. The first-order valence-electron chi connectivity index (χ1n) is 8.43. The standard InChI is InChI=1S/C16H26N4O3S/c1-4-6-10-19(3)16-17-9-7-14(18-16)15(21)20(5-2)13-8-11-24(22,23)12-13/h7,9,13H,4-6,8,10-12H2,1-3H3. The van der Waals surface area contributed by atoms with Gasteiger partial charge in [0.1, 0.15) is 5.69 Å². The average Bonchev–Trinajstić information content (AvgIpc) is 2.93. The maximum Gasteiger partial charge on any atom is 0.272 e. The van der Waals surface area contributed by atoms with Crippen LogP contribution in [0.4, 0.5) is 5.95 Å². The highest BCUT2D eigenvalue weighted by molar-refractivity contribution is 7.91. The number of hydrogen-bond donors (Lipinski definition) is 0. The zero-order valence-electron chi connectivity index (χ0n) is 14.6. The molecule has 0 spiro atoms. The smallest absolute Gasteiger partial charge is 0.272 e. The first-order valence-corrected chi connectivity index (χ1v) is 10.3. The highest BCUT2D eigenvalue weighted by Crippen LogP contribution is 2.20. The average molecular weight is 354 g/mol. The molecule has 8 heteroatoms. The summed E-state index contributed by atoms with van der Waals surface area (Å²) < 4.78 is 23.4. The lowest BCUT2D eigenvalue weighted by Gasteiger charge is -2.26. The predicted molar refractivity (Wildman–Crippen MR) is 94.0 cm³/mol. The molecule has 1 atom stereocenters. The van der Waals surface area contributed by atoms with Crippen LogP contribution in [0.5, 0.6) is 0 Å². The topological polar surface area (TPSA) is 83.5 Å². The molecule has 0 N–H and O–H groups in total. The molecule has 1 fully saturated rings. The Labute approximate surface area is 144 Å². The number of carbonyl (C=O) groups excluding carboxylic acids is 1. The van der Waals surface area contributed by atoms with E-state index in [1.807, 2.05) is 18.9 Å². The third kappa shape index (κ3) is 4.43. The minimum atomic E-state index is -3.03. The van der Waals surface area contributed by atoms with Crippen molar-refractivity contribution in [2.24, 2.45) is 0 Å². The molecule has 2 rings (SSSR count). The van der Waals surface area contributed by atoms with Crippen LogP contribution in [-0.4, -0.2) is 66.9 Å². The number of anilines is 1. The van der Waals surface area contributed by atoms with Gasteiger partial charge >= 0.3 is 0 Å². The fraction of sp³-hybridized carbons (Fsp3) is 0.688. The molecule has 1 aromatic heterocycles. The van der Waals surface area contributed by atoms with Crippen LogP contribution in [0.3, 0.4) is 0 Å². The van der Waals surface area contributed by atoms with E-state index in [9.17, 15) is 13.2 Å². The fourth-order valence-corrected chi connectivity index (χ4v) is 4.61. The summed E-state index contributed by atoms with van der Waals surface area (Å²) in [5, 5.41) is 0. The minimum Gasteiger partial charge on any atom is -0.344 e. The molecule has 24 heavy (non-hydrogen) atoms. The normalized spacial score (nSPS) is 19.2. The third-order valence-corrected chi connectivity index (χ3v) is 6.05. The molecule has 1 saturated heterocycles. The number of hydrogen-bond acceptors (Lipinski definition) is 6. The van der Waals surface area contributed by atoms with Gasteiger partial charge in [0.25, 0.3) is 5.91 Å². The number of aromatic nitrogens is 2. The summed E-state index contributed by atoms with van der Waals surface area (Å²) in [6, 6.07) is 1.33. The van der Waals surface area contributed by atoms with Crippen LogP contribution < -0.4 is 4.90 Å². The molecular formula is C16H26N4O3S. The van der Waals surface area contributed by atoms with E-state index >= 15 is 0 Å². The van der Waals surface area contributed by atoms with E-state index in [1.165, 1.54) is 0 Å². The molecule has 7 nitrogen and oxygen atoms in total. The van der Waals surface area contributed by atoms with E-state index in [-0.39, 0.29) is 23.5 Å². The third-order valence-electron chi connectivity index (χ3n) is 4.30. The van der Waals surface area contributed by atoms with Gasteiger partial charge in [-0.25, -0.2) is 18.4 Å². The van der Waals surface area contributed by atoms with E-state index in [0.29, 0.717) is 24.6 Å². The molecule has 0 saturated carbocycles. The number of amides is 1. The lowest BCUT2D eigenvalue weighted by atomic mass is 10.2. The van der Waals surface area contributed by atoms with Crippen LogP contribution in [0.25, 0.3) is 0 Å². The summed E-state index contributed by atoms with van der Waals surface area (Å²) in [5.41, 5.74) is 0.314. The van der Waals surface area contributed by atoms with Gasteiger partial charge in [-0.05, 0) is 25.8 Å². The molecule has 2 heterocycles. The number of sulfone groups is 1. The molecule has 0 radical (unpaired) electrons. The molecule has 1 unspecified atom stereocenters. The zero-order valence-corrected chi connectivity index (χ0v) is 15.4. The summed E-state index contributed by atoms with van der Waals surface area (Å²) in [4.78, 5) is 24.9. The van der Waals surface area contributed by atoms with Gasteiger partial charge in [-0.15, -0.1) is 0 Å². The first-order chi connectivity index (χ1) is 11.4. The molecule has 0 aliphatic carbocycles. The Morgan fingerprint density at radius 1 is 1.38 bits per heavy atom. The van der Waals surface area contributed by atoms with Crippen LogP contribution in [0.15, 0.2) is 12.3 Å². The number of unbranched alkanes of at least 4 members (excludes halogenated alkanes) is 1. The Morgan fingerprint density at radius 3 is 2.71 bits per heavy atom. The second-order valence-electron chi connectivity index (χ2n) is 6.17. The van der Waals surface area contributed by atoms with Gasteiger partial charge in [0, 0.05) is 32.4 Å². The molecule has 1 amide bonds. The Kier molecular flexibility index (Phi) is 6.15. The molecule has 1 aliphatic rings. The van der Waals surface area contributed by atoms with Crippen LogP contribution in [0.2, 0.25) is 0 Å². The zero-order chi connectivity index (χ0) is 17.7. The molecule has 0 bridgehead atoms. The quantitative estimate of drug-likeness (QED) is 0.735. The van der Waals surface area contributed by atoms with E-state index in [0.717, 1.165) is 19.4 Å². The molecular weight excluding hydrogens is 328 g/mol. The number of rotatable bonds is 7.